The van der Waals surface area contributed by atoms with Gasteiger partial charge >= 0.3 is 5.69 Å². The summed E-state index contributed by atoms with van der Waals surface area (Å²) in [6, 6.07) is 0. The maximum Gasteiger partial charge on any atom is 0.311 e. The van der Waals surface area contributed by atoms with Gasteiger partial charge < -0.3 is 10.1 Å². The van der Waals surface area contributed by atoms with Crippen molar-refractivity contribution in [3.05, 3.63) is 27.0 Å². The Kier molecular flexibility index (Phi) is 5.86. The number of nitrogens with one attached hydrogen (secondary N) is 1. The van der Waals surface area contributed by atoms with Gasteiger partial charge in [0, 0.05) is 12.7 Å². The summed E-state index contributed by atoms with van der Waals surface area (Å²) < 4.78 is 28.6. The Labute approximate surface area is 110 Å². The highest BCUT2D eigenvalue weighted by Gasteiger charge is 2.16. The van der Waals surface area contributed by atoms with Crippen molar-refractivity contribution in [2.75, 3.05) is 25.1 Å². The fourth-order valence-electron chi connectivity index (χ4n) is 1.16. The largest absolute Gasteiger partial charge is 0.376 e. The second kappa shape index (κ2) is 7.17. The molecule has 1 heterocycles. The molecule has 0 aliphatic carbocycles. The van der Waals surface area contributed by atoms with Gasteiger partial charge in [0.25, 0.3) is 6.43 Å². The molecule has 1 N–H and O–H groups in total. The highest BCUT2D eigenvalue weighted by molar-refractivity contribution is 9.10. The van der Waals surface area contributed by atoms with Crippen LogP contribution in [0.1, 0.15) is 0 Å². The van der Waals surface area contributed by atoms with Gasteiger partial charge in [-0.3, -0.25) is 15.1 Å². The van der Waals surface area contributed by atoms with Crippen molar-refractivity contribution < 1.29 is 18.4 Å². The van der Waals surface area contributed by atoms with Crippen molar-refractivity contribution in [3.63, 3.8) is 0 Å². The zero-order valence-corrected chi connectivity index (χ0v) is 10.7. The summed E-state index contributed by atoms with van der Waals surface area (Å²) in [5.41, 5.74) is 0.0499. The van der Waals surface area contributed by atoms with Gasteiger partial charge in [-0.05, 0) is 15.9 Å². The van der Waals surface area contributed by atoms with Gasteiger partial charge in [-0.15, -0.1) is 0 Å². The predicted octanol–water partition coefficient (Wildman–Crippen LogP) is 2.45. The monoisotopic (exact) mass is 325 g/mol. The van der Waals surface area contributed by atoms with E-state index < -0.39 is 18.0 Å². The molecule has 1 aromatic heterocycles. The van der Waals surface area contributed by atoms with Crippen LogP contribution in [0.25, 0.3) is 0 Å². The number of anilines is 1. The summed E-state index contributed by atoms with van der Waals surface area (Å²) in [7, 11) is 0. The third-order valence-electron chi connectivity index (χ3n) is 1.87. The Morgan fingerprint density at radius 2 is 2.28 bits per heavy atom. The minimum atomic E-state index is -2.52. The van der Waals surface area contributed by atoms with Crippen LogP contribution in [0, 0.1) is 10.1 Å². The summed E-state index contributed by atoms with van der Waals surface area (Å²) in [4.78, 5) is 13.8. The van der Waals surface area contributed by atoms with E-state index in [0.717, 1.165) is 6.20 Å². The SMILES string of the molecule is O=[N+]([O-])c1cncc(Br)c1NCCOCC(F)F. The zero-order chi connectivity index (χ0) is 13.5. The van der Waals surface area contributed by atoms with E-state index in [4.69, 9.17) is 0 Å². The highest BCUT2D eigenvalue weighted by atomic mass is 79.9. The molecule has 0 bridgehead atoms. The number of rotatable bonds is 7. The molecule has 0 radical (unpaired) electrons. The second-order valence-electron chi connectivity index (χ2n) is 3.17. The molecular formula is C9H10BrF2N3O3. The molecule has 18 heavy (non-hydrogen) atoms. The number of aromatic nitrogens is 1. The van der Waals surface area contributed by atoms with Crippen molar-refractivity contribution in [3.8, 4) is 0 Å². The Morgan fingerprint density at radius 3 is 2.89 bits per heavy atom. The summed E-state index contributed by atoms with van der Waals surface area (Å²) in [6.07, 6.45) is -0.0189. The standard InChI is InChI=1S/C9H10BrF2N3O3/c10-6-3-13-4-7(15(16)17)9(6)14-1-2-18-5-8(11)12/h3-4,8H,1-2,5H2,(H,13,14). The Morgan fingerprint density at radius 1 is 1.56 bits per heavy atom. The van der Waals surface area contributed by atoms with E-state index in [2.05, 4.69) is 31.0 Å². The third kappa shape index (κ3) is 4.49. The molecule has 0 aromatic carbocycles. The Bertz CT molecular complexity index is 420. The molecule has 0 saturated heterocycles. The van der Waals surface area contributed by atoms with Crippen LogP contribution in [0.15, 0.2) is 16.9 Å². The molecule has 0 aliphatic heterocycles. The van der Waals surface area contributed by atoms with Crippen LogP contribution in [0.4, 0.5) is 20.2 Å². The van der Waals surface area contributed by atoms with Gasteiger partial charge in [0.2, 0.25) is 0 Å². The van der Waals surface area contributed by atoms with E-state index in [1.807, 2.05) is 0 Å². The maximum atomic E-state index is 11.8. The van der Waals surface area contributed by atoms with Crippen LogP contribution in [-0.4, -0.2) is 36.1 Å². The van der Waals surface area contributed by atoms with Crippen LogP contribution in [0.5, 0.6) is 0 Å². The van der Waals surface area contributed by atoms with Crippen molar-refractivity contribution in [2.45, 2.75) is 6.43 Å². The number of halogens is 3. The molecule has 1 aromatic rings. The first-order valence-electron chi connectivity index (χ1n) is 4.90. The van der Waals surface area contributed by atoms with Gasteiger partial charge in [-0.1, -0.05) is 0 Å². The predicted molar refractivity (Wildman–Crippen MR) is 63.9 cm³/mol. The van der Waals surface area contributed by atoms with Crippen molar-refractivity contribution in [1.82, 2.24) is 4.98 Å². The van der Waals surface area contributed by atoms with Gasteiger partial charge in [0.15, 0.2) is 0 Å². The number of hydrogen-bond donors (Lipinski definition) is 1. The smallest absolute Gasteiger partial charge is 0.311 e. The molecule has 0 fully saturated rings. The lowest BCUT2D eigenvalue weighted by Gasteiger charge is -2.08. The molecule has 0 aliphatic rings. The zero-order valence-electron chi connectivity index (χ0n) is 9.11. The lowest BCUT2D eigenvalue weighted by molar-refractivity contribution is -0.384. The normalized spacial score (nSPS) is 10.7. The van der Waals surface area contributed by atoms with Crippen LogP contribution in [0.3, 0.4) is 0 Å². The Hall–Kier alpha value is -1.35. The number of alkyl halides is 2. The molecular weight excluding hydrogens is 316 g/mol. The number of nitrogens with zero attached hydrogens (tertiary/aromatic N) is 2. The first-order valence-corrected chi connectivity index (χ1v) is 5.69. The van der Waals surface area contributed by atoms with E-state index in [-0.39, 0.29) is 24.5 Å². The fourth-order valence-corrected chi connectivity index (χ4v) is 1.62. The van der Waals surface area contributed by atoms with Crippen molar-refractivity contribution in [1.29, 1.82) is 0 Å². The number of ether oxygens (including phenoxy) is 1. The topological polar surface area (TPSA) is 77.3 Å². The van der Waals surface area contributed by atoms with Crippen molar-refractivity contribution in [2.24, 2.45) is 0 Å². The quantitative estimate of drug-likeness (QED) is 0.473. The minimum absolute atomic E-state index is 0.0241. The number of pyridine rings is 1. The van der Waals surface area contributed by atoms with Crippen LogP contribution in [0.2, 0.25) is 0 Å². The first-order chi connectivity index (χ1) is 8.52. The van der Waals surface area contributed by atoms with E-state index in [1.165, 1.54) is 6.20 Å². The lowest BCUT2D eigenvalue weighted by atomic mass is 10.3. The summed E-state index contributed by atoms with van der Waals surface area (Å²) in [5, 5.41) is 13.5. The van der Waals surface area contributed by atoms with E-state index in [1.54, 1.807) is 0 Å². The number of hydrogen-bond acceptors (Lipinski definition) is 5. The first kappa shape index (κ1) is 14.7. The molecule has 6 nitrogen and oxygen atoms in total. The van der Waals surface area contributed by atoms with Gasteiger partial charge in [-0.25, -0.2) is 8.78 Å². The third-order valence-corrected chi connectivity index (χ3v) is 2.47. The molecule has 0 saturated carbocycles. The maximum absolute atomic E-state index is 11.8. The highest BCUT2D eigenvalue weighted by Crippen LogP contribution is 2.30. The minimum Gasteiger partial charge on any atom is -0.376 e. The van der Waals surface area contributed by atoms with Gasteiger partial charge in [0.05, 0.1) is 16.0 Å². The van der Waals surface area contributed by atoms with E-state index >= 15 is 0 Å². The van der Waals surface area contributed by atoms with Crippen LogP contribution in [-0.2, 0) is 4.74 Å². The Balaban J connectivity index is 2.53. The van der Waals surface area contributed by atoms with Gasteiger partial charge in [-0.2, -0.15) is 0 Å². The molecule has 0 unspecified atom stereocenters. The van der Waals surface area contributed by atoms with E-state index in [9.17, 15) is 18.9 Å². The molecule has 1 rings (SSSR count). The van der Waals surface area contributed by atoms with E-state index in [0.29, 0.717) is 4.47 Å². The number of nitro groups is 1. The van der Waals surface area contributed by atoms with Crippen LogP contribution >= 0.6 is 15.9 Å². The summed E-state index contributed by atoms with van der Waals surface area (Å²) >= 11 is 3.12. The molecule has 0 atom stereocenters. The average molecular weight is 326 g/mol. The van der Waals surface area contributed by atoms with Crippen LogP contribution < -0.4 is 5.32 Å². The molecule has 100 valence electrons. The summed E-state index contributed by atoms with van der Waals surface area (Å²) in [6.45, 7) is -0.451. The van der Waals surface area contributed by atoms with Gasteiger partial charge in [0.1, 0.15) is 18.5 Å². The average Bonchev–Trinajstić information content (AvgIpc) is 2.29. The molecule has 0 amide bonds. The second-order valence-corrected chi connectivity index (χ2v) is 4.02. The fraction of sp³-hybridized carbons (Fsp3) is 0.444. The molecule has 9 heteroatoms. The summed E-state index contributed by atoms with van der Waals surface area (Å²) in [5.74, 6) is 0. The lowest BCUT2D eigenvalue weighted by Crippen LogP contribution is -2.14. The molecule has 0 spiro atoms. The van der Waals surface area contributed by atoms with Crippen molar-refractivity contribution >= 4 is 27.3 Å².